The van der Waals surface area contributed by atoms with Gasteiger partial charge in [-0.1, -0.05) is 41.4 Å². The van der Waals surface area contributed by atoms with Gasteiger partial charge in [-0.3, -0.25) is 9.59 Å². The lowest BCUT2D eigenvalue weighted by Gasteiger charge is -2.26. The number of hydrogen-bond acceptors (Lipinski definition) is 2. The number of likely N-dealkylation sites (tertiary alicyclic amines) is 1. The van der Waals surface area contributed by atoms with E-state index in [9.17, 15) is 9.59 Å². The summed E-state index contributed by atoms with van der Waals surface area (Å²) in [5, 5.41) is 1.10. The normalized spacial score (nSPS) is 15.1. The molecule has 1 aliphatic rings. The monoisotopic (exact) mass is 404 g/mol. The molecule has 0 aliphatic carbocycles. The Balaban J connectivity index is 1.76. The maximum atomic E-state index is 13.0. The summed E-state index contributed by atoms with van der Waals surface area (Å²) in [4.78, 5) is 28.3. The molecule has 0 spiro atoms. The molecule has 2 amide bonds. The van der Waals surface area contributed by atoms with Gasteiger partial charge in [0.25, 0.3) is 5.91 Å². The molecular formula is C21H22Cl2N2O2. The number of nitrogens with zero attached hydrogens (tertiary/aromatic N) is 2. The average Bonchev–Trinajstić information content (AvgIpc) is 3.05. The fourth-order valence-electron chi connectivity index (χ4n) is 3.32. The molecule has 1 atom stereocenters. The van der Waals surface area contributed by atoms with Crippen molar-refractivity contribution in [3.8, 4) is 0 Å². The molecule has 0 N–H and O–H groups in total. The lowest BCUT2D eigenvalue weighted by Crippen LogP contribution is -2.30. The molecule has 2 aromatic carbocycles. The van der Waals surface area contributed by atoms with Crippen LogP contribution in [-0.4, -0.2) is 35.2 Å². The number of hydrogen-bond donors (Lipinski definition) is 0. The second-order valence-corrected chi connectivity index (χ2v) is 7.72. The van der Waals surface area contributed by atoms with E-state index in [1.165, 1.54) is 0 Å². The van der Waals surface area contributed by atoms with Crippen molar-refractivity contribution in [3.63, 3.8) is 0 Å². The first kappa shape index (κ1) is 19.7. The lowest BCUT2D eigenvalue weighted by molar-refractivity contribution is -0.128. The Morgan fingerprint density at radius 3 is 2.67 bits per heavy atom. The quantitative estimate of drug-likeness (QED) is 0.706. The van der Waals surface area contributed by atoms with Crippen LogP contribution in [0.5, 0.6) is 0 Å². The highest BCUT2D eigenvalue weighted by Gasteiger charge is 2.23. The molecule has 1 fully saturated rings. The summed E-state index contributed by atoms with van der Waals surface area (Å²) in [6, 6.07) is 12.6. The third-order valence-corrected chi connectivity index (χ3v) is 5.60. The van der Waals surface area contributed by atoms with E-state index >= 15 is 0 Å². The molecule has 1 saturated heterocycles. The van der Waals surface area contributed by atoms with Crippen molar-refractivity contribution in [2.24, 2.45) is 0 Å². The number of benzene rings is 2. The van der Waals surface area contributed by atoms with Crippen molar-refractivity contribution in [2.75, 3.05) is 13.6 Å². The molecule has 1 aliphatic heterocycles. The number of rotatable bonds is 5. The highest BCUT2D eigenvalue weighted by molar-refractivity contribution is 6.35. The van der Waals surface area contributed by atoms with Crippen LogP contribution in [-0.2, 0) is 11.3 Å². The third-order valence-electron chi connectivity index (χ3n) is 5.03. The molecule has 0 aromatic heterocycles. The first-order valence-electron chi connectivity index (χ1n) is 8.95. The maximum absolute atomic E-state index is 13.0. The average molecular weight is 405 g/mol. The zero-order valence-corrected chi connectivity index (χ0v) is 16.9. The van der Waals surface area contributed by atoms with Crippen molar-refractivity contribution in [1.82, 2.24) is 9.80 Å². The third kappa shape index (κ3) is 4.45. The molecule has 0 bridgehead atoms. The van der Waals surface area contributed by atoms with Crippen LogP contribution in [0.3, 0.4) is 0 Å². The van der Waals surface area contributed by atoms with Gasteiger partial charge in [0.2, 0.25) is 5.91 Å². The number of amides is 2. The zero-order chi connectivity index (χ0) is 19.6. The molecule has 4 nitrogen and oxygen atoms in total. The van der Waals surface area contributed by atoms with Crippen LogP contribution >= 0.6 is 23.2 Å². The maximum Gasteiger partial charge on any atom is 0.254 e. The molecule has 6 heteroatoms. The lowest BCUT2D eigenvalue weighted by atomic mass is 10.0. The van der Waals surface area contributed by atoms with Crippen LogP contribution in [0, 0.1) is 0 Å². The SMILES string of the molecule is CC(c1ccc(Cl)cc1Cl)N(C)C(=O)c1cccc(CN2CCCC2=O)c1. The van der Waals surface area contributed by atoms with Crippen LogP contribution in [0.2, 0.25) is 10.0 Å². The van der Waals surface area contributed by atoms with Gasteiger partial charge >= 0.3 is 0 Å². The van der Waals surface area contributed by atoms with Crippen LogP contribution in [0.15, 0.2) is 42.5 Å². The summed E-state index contributed by atoms with van der Waals surface area (Å²) >= 11 is 12.3. The first-order valence-corrected chi connectivity index (χ1v) is 9.71. The van der Waals surface area contributed by atoms with E-state index in [-0.39, 0.29) is 17.9 Å². The van der Waals surface area contributed by atoms with E-state index in [4.69, 9.17) is 23.2 Å². The van der Waals surface area contributed by atoms with Crippen LogP contribution < -0.4 is 0 Å². The van der Waals surface area contributed by atoms with Crippen LogP contribution in [0.4, 0.5) is 0 Å². The number of carbonyl (C=O) groups excluding carboxylic acids is 2. The number of halogens is 2. The van der Waals surface area contributed by atoms with Gasteiger partial charge < -0.3 is 9.80 Å². The Hall–Kier alpha value is -2.04. The minimum Gasteiger partial charge on any atom is -0.338 e. The molecular weight excluding hydrogens is 383 g/mol. The Bertz CT molecular complexity index is 869. The Labute approximate surface area is 169 Å². The molecule has 2 aromatic rings. The summed E-state index contributed by atoms with van der Waals surface area (Å²) in [6.07, 6.45) is 1.51. The van der Waals surface area contributed by atoms with Crippen LogP contribution in [0.1, 0.15) is 47.3 Å². The molecule has 0 saturated carbocycles. The molecule has 27 heavy (non-hydrogen) atoms. The minimum absolute atomic E-state index is 0.0943. The zero-order valence-electron chi connectivity index (χ0n) is 15.4. The summed E-state index contributed by atoms with van der Waals surface area (Å²) in [5.74, 6) is 0.0814. The van der Waals surface area contributed by atoms with Crippen molar-refractivity contribution in [1.29, 1.82) is 0 Å². The predicted octanol–water partition coefficient (Wildman–Crippen LogP) is 4.95. The fourth-order valence-corrected chi connectivity index (χ4v) is 3.89. The summed E-state index contributed by atoms with van der Waals surface area (Å²) in [7, 11) is 1.76. The predicted molar refractivity (Wildman–Crippen MR) is 108 cm³/mol. The van der Waals surface area contributed by atoms with Crippen molar-refractivity contribution in [2.45, 2.75) is 32.4 Å². The largest absolute Gasteiger partial charge is 0.338 e. The van der Waals surface area contributed by atoms with E-state index < -0.39 is 0 Å². The van der Waals surface area contributed by atoms with E-state index in [0.29, 0.717) is 28.6 Å². The summed E-state index contributed by atoms with van der Waals surface area (Å²) in [5.41, 5.74) is 2.40. The van der Waals surface area contributed by atoms with E-state index in [0.717, 1.165) is 24.1 Å². The van der Waals surface area contributed by atoms with E-state index in [1.807, 2.05) is 36.1 Å². The minimum atomic E-state index is -0.203. The Morgan fingerprint density at radius 1 is 1.22 bits per heavy atom. The van der Waals surface area contributed by atoms with Gasteiger partial charge in [0.05, 0.1) is 6.04 Å². The fraction of sp³-hybridized carbons (Fsp3) is 0.333. The Kier molecular flexibility index (Phi) is 6.08. The second kappa shape index (κ2) is 8.32. The van der Waals surface area contributed by atoms with Gasteiger partial charge in [-0.05, 0) is 48.7 Å². The van der Waals surface area contributed by atoms with Gasteiger partial charge in [-0.25, -0.2) is 0 Å². The topological polar surface area (TPSA) is 40.6 Å². The molecule has 1 heterocycles. The van der Waals surface area contributed by atoms with Gasteiger partial charge in [-0.15, -0.1) is 0 Å². The Morgan fingerprint density at radius 2 is 2.00 bits per heavy atom. The van der Waals surface area contributed by atoms with Crippen molar-refractivity contribution >= 4 is 35.0 Å². The molecule has 0 radical (unpaired) electrons. The van der Waals surface area contributed by atoms with Crippen LogP contribution in [0.25, 0.3) is 0 Å². The highest BCUT2D eigenvalue weighted by Crippen LogP contribution is 2.30. The highest BCUT2D eigenvalue weighted by atomic mass is 35.5. The summed E-state index contributed by atoms with van der Waals surface area (Å²) < 4.78 is 0. The van der Waals surface area contributed by atoms with E-state index in [2.05, 4.69) is 0 Å². The second-order valence-electron chi connectivity index (χ2n) is 6.88. The van der Waals surface area contributed by atoms with Gasteiger partial charge in [0.15, 0.2) is 0 Å². The number of carbonyl (C=O) groups is 2. The van der Waals surface area contributed by atoms with Gasteiger partial charge in [-0.2, -0.15) is 0 Å². The van der Waals surface area contributed by atoms with Gasteiger partial charge in [0.1, 0.15) is 0 Å². The first-order chi connectivity index (χ1) is 12.9. The molecule has 1 unspecified atom stereocenters. The van der Waals surface area contributed by atoms with Crippen molar-refractivity contribution in [3.05, 3.63) is 69.2 Å². The van der Waals surface area contributed by atoms with E-state index in [1.54, 1.807) is 30.1 Å². The molecule has 3 rings (SSSR count). The summed E-state index contributed by atoms with van der Waals surface area (Å²) in [6.45, 7) is 3.25. The molecule has 142 valence electrons. The smallest absolute Gasteiger partial charge is 0.254 e. The standard InChI is InChI=1S/C21H22Cl2N2O2/c1-14(18-9-8-17(22)12-19(18)23)24(2)21(27)16-6-3-5-15(11-16)13-25-10-4-7-20(25)26/h3,5-6,8-9,11-12,14H,4,7,10,13H2,1-2H3. The van der Waals surface area contributed by atoms with Crippen molar-refractivity contribution < 1.29 is 9.59 Å². The van der Waals surface area contributed by atoms with Gasteiger partial charge in [0, 0.05) is 42.2 Å².